The summed E-state index contributed by atoms with van der Waals surface area (Å²) in [6.07, 6.45) is 3.38. The Hall–Kier alpha value is -2.56. The van der Waals surface area contributed by atoms with Crippen LogP contribution in [0, 0.1) is 0 Å². The van der Waals surface area contributed by atoms with E-state index in [2.05, 4.69) is 10.3 Å². The molecule has 2 aromatic rings. The van der Waals surface area contributed by atoms with Crippen LogP contribution in [0.5, 0.6) is 5.75 Å². The lowest BCUT2D eigenvalue weighted by atomic mass is 10.1. The molecule has 0 saturated heterocycles. The van der Waals surface area contributed by atoms with Crippen molar-refractivity contribution < 1.29 is 9.53 Å². The summed E-state index contributed by atoms with van der Waals surface area (Å²) in [4.78, 5) is 16.3. The third-order valence-electron chi connectivity index (χ3n) is 3.06. The van der Waals surface area contributed by atoms with E-state index in [0.717, 1.165) is 5.56 Å². The van der Waals surface area contributed by atoms with Gasteiger partial charge >= 0.3 is 0 Å². The summed E-state index contributed by atoms with van der Waals surface area (Å²) in [6, 6.07) is 8.70. The minimum absolute atomic E-state index is 0.144. The van der Waals surface area contributed by atoms with Crippen LogP contribution in [0.2, 0.25) is 0 Å². The van der Waals surface area contributed by atoms with Crippen LogP contribution in [0.15, 0.2) is 42.7 Å². The van der Waals surface area contributed by atoms with Gasteiger partial charge in [0.2, 0.25) is 0 Å². The SMILES string of the molecule is COc1cccc(N)c1C(=O)NC(C)c1ccncc1. The number of ether oxygens (including phenoxy) is 1. The van der Waals surface area contributed by atoms with Crippen LogP contribution in [-0.2, 0) is 0 Å². The number of nitrogens with one attached hydrogen (secondary N) is 1. The molecule has 0 aliphatic rings. The topological polar surface area (TPSA) is 77.2 Å². The molecule has 5 heteroatoms. The Bertz CT molecular complexity index is 599. The van der Waals surface area contributed by atoms with E-state index in [-0.39, 0.29) is 11.9 Å². The van der Waals surface area contributed by atoms with Crippen molar-refractivity contribution in [2.75, 3.05) is 12.8 Å². The normalized spacial score (nSPS) is 11.7. The summed E-state index contributed by atoms with van der Waals surface area (Å²) in [7, 11) is 1.51. The van der Waals surface area contributed by atoms with E-state index in [4.69, 9.17) is 10.5 Å². The number of aromatic nitrogens is 1. The zero-order valence-electron chi connectivity index (χ0n) is 11.5. The molecule has 1 aromatic carbocycles. The number of carbonyl (C=O) groups is 1. The molecule has 0 aliphatic carbocycles. The van der Waals surface area contributed by atoms with E-state index in [1.807, 2.05) is 19.1 Å². The molecule has 0 bridgehead atoms. The average molecular weight is 271 g/mol. The highest BCUT2D eigenvalue weighted by Crippen LogP contribution is 2.24. The van der Waals surface area contributed by atoms with Gasteiger partial charge in [0.1, 0.15) is 11.3 Å². The fraction of sp³-hybridized carbons (Fsp3) is 0.200. The molecule has 0 fully saturated rings. The van der Waals surface area contributed by atoms with Gasteiger partial charge in [-0.1, -0.05) is 6.07 Å². The number of anilines is 1. The molecule has 3 N–H and O–H groups in total. The lowest BCUT2D eigenvalue weighted by molar-refractivity contribution is 0.0938. The van der Waals surface area contributed by atoms with E-state index in [1.165, 1.54) is 7.11 Å². The van der Waals surface area contributed by atoms with Crippen molar-refractivity contribution in [1.29, 1.82) is 0 Å². The number of nitrogen functional groups attached to an aromatic ring is 1. The second kappa shape index (κ2) is 6.06. The van der Waals surface area contributed by atoms with Crippen molar-refractivity contribution in [1.82, 2.24) is 10.3 Å². The summed E-state index contributed by atoms with van der Waals surface area (Å²) < 4.78 is 5.18. The Kier molecular flexibility index (Phi) is 4.20. The lowest BCUT2D eigenvalue weighted by Gasteiger charge is -2.16. The van der Waals surface area contributed by atoms with Gasteiger partial charge in [-0.15, -0.1) is 0 Å². The second-order valence-electron chi connectivity index (χ2n) is 4.40. The van der Waals surface area contributed by atoms with Crippen LogP contribution >= 0.6 is 0 Å². The third-order valence-corrected chi connectivity index (χ3v) is 3.06. The largest absolute Gasteiger partial charge is 0.496 e. The predicted molar refractivity (Wildman–Crippen MR) is 77.5 cm³/mol. The predicted octanol–water partition coefficient (Wildman–Crippen LogP) is 2.16. The number of carbonyl (C=O) groups excluding carboxylic acids is 1. The first-order chi connectivity index (χ1) is 9.63. The summed E-state index contributed by atoms with van der Waals surface area (Å²) in [5.74, 6) is 0.202. The molecule has 1 aromatic heterocycles. The van der Waals surface area contributed by atoms with Crippen LogP contribution in [0.4, 0.5) is 5.69 Å². The van der Waals surface area contributed by atoms with Crippen molar-refractivity contribution in [2.45, 2.75) is 13.0 Å². The summed E-state index contributed by atoms with van der Waals surface area (Å²) in [5.41, 5.74) is 7.59. The molecule has 0 aliphatic heterocycles. The zero-order valence-corrected chi connectivity index (χ0v) is 11.5. The summed E-state index contributed by atoms with van der Waals surface area (Å²) >= 11 is 0. The van der Waals surface area contributed by atoms with Gasteiger partial charge in [-0.05, 0) is 36.8 Å². The monoisotopic (exact) mass is 271 g/mol. The first-order valence-corrected chi connectivity index (χ1v) is 6.26. The molecule has 0 spiro atoms. The third kappa shape index (κ3) is 2.88. The minimum Gasteiger partial charge on any atom is -0.496 e. The van der Waals surface area contributed by atoms with E-state index in [9.17, 15) is 4.79 Å². The van der Waals surface area contributed by atoms with Crippen LogP contribution in [0.1, 0.15) is 28.9 Å². The molecule has 1 amide bonds. The molecule has 1 unspecified atom stereocenters. The van der Waals surface area contributed by atoms with Gasteiger partial charge in [-0.3, -0.25) is 9.78 Å². The van der Waals surface area contributed by atoms with Gasteiger partial charge in [-0.25, -0.2) is 0 Å². The Labute approximate surface area is 117 Å². The highest BCUT2D eigenvalue weighted by Gasteiger charge is 2.18. The van der Waals surface area contributed by atoms with Gasteiger partial charge in [0, 0.05) is 18.1 Å². The van der Waals surface area contributed by atoms with Crippen LogP contribution < -0.4 is 15.8 Å². The molecular weight excluding hydrogens is 254 g/mol. The molecule has 2 rings (SSSR count). The summed E-state index contributed by atoms with van der Waals surface area (Å²) in [6.45, 7) is 1.90. The Morgan fingerprint density at radius 1 is 1.30 bits per heavy atom. The number of nitrogens with zero attached hydrogens (tertiary/aromatic N) is 1. The number of pyridine rings is 1. The number of nitrogens with two attached hydrogens (primary N) is 1. The van der Waals surface area contributed by atoms with Gasteiger partial charge in [0.05, 0.1) is 13.2 Å². The minimum atomic E-state index is -0.260. The molecular formula is C15H17N3O2. The maximum absolute atomic E-state index is 12.3. The van der Waals surface area contributed by atoms with Crippen molar-refractivity contribution in [3.63, 3.8) is 0 Å². The van der Waals surface area contributed by atoms with Crippen molar-refractivity contribution in [2.24, 2.45) is 0 Å². The zero-order chi connectivity index (χ0) is 14.5. The lowest BCUT2D eigenvalue weighted by Crippen LogP contribution is -2.27. The Balaban J connectivity index is 2.21. The number of methoxy groups -OCH3 is 1. The maximum Gasteiger partial charge on any atom is 0.257 e. The molecule has 5 nitrogen and oxygen atoms in total. The van der Waals surface area contributed by atoms with Crippen LogP contribution in [-0.4, -0.2) is 18.0 Å². The average Bonchev–Trinajstić information content (AvgIpc) is 2.47. The molecule has 0 radical (unpaired) electrons. The number of benzene rings is 1. The Morgan fingerprint density at radius 2 is 2.00 bits per heavy atom. The van der Waals surface area contributed by atoms with Gasteiger partial charge in [0.25, 0.3) is 5.91 Å². The Morgan fingerprint density at radius 3 is 2.65 bits per heavy atom. The quantitative estimate of drug-likeness (QED) is 0.835. The summed E-state index contributed by atoms with van der Waals surface area (Å²) in [5, 5.41) is 2.90. The van der Waals surface area contributed by atoms with Crippen molar-refractivity contribution in [3.05, 3.63) is 53.9 Å². The fourth-order valence-electron chi connectivity index (χ4n) is 1.97. The first-order valence-electron chi connectivity index (χ1n) is 6.26. The van der Waals surface area contributed by atoms with E-state index >= 15 is 0 Å². The molecule has 0 saturated carbocycles. The number of amides is 1. The van der Waals surface area contributed by atoms with E-state index in [0.29, 0.717) is 17.0 Å². The molecule has 20 heavy (non-hydrogen) atoms. The van der Waals surface area contributed by atoms with Gasteiger partial charge in [-0.2, -0.15) is 0 Å². The van der Waals surface area contributed by atoms with Crippen molar-refractivity contribution in [3.8, 4) is 5.75 Å². The highest BCUT2D eigenvalue weighted by atomic mass is 16.5. The van der Waals surface area contributed by atoms with E-state index in [1.54, 1.807) is 30.6 Å². The standard InChI is InChI=1S/C15H17N3O2/c1-10(11-6-8-17-9-7-11)18-15(19)14-12(16)4-3-5-13(14)20-2/h3-10H,16H2,1-2H3,(H,18,19). The second-order valence-corrected chi connectivity index (χ2v) is 4.40. The number of hydrogen-bond donors (Lipinski definition) is 2. The van der Waals surface area contributed by atoms with Crippen LogP contribution in [0.25, 0.3) is 0 Å². The van der Waals surface area contributed by atoms with Gasteiger partial charge < -0.3 is 15.8 Å². The van der Waals surface area contributed by atoms with Gasteiger partial charge in [0.15, 0.2) is 0 Å². The maximum atomic E-state index is 12.3. The highest BCUT2D eigenvalue weighted by molar-refractivity contribution is 6.02. The first kappa shape index (κ1) is 13.9. The fourth-order valence-corrected chi connectivity index (χ4v) is 1.97. The molecule has 104 valence electrons. The molecule has 1 heterocycles. The van der Waals surface area contributed by atoms with Crippen LogP contribution in [0.3, 0.4) is 0 Å². The number of hydrogen-bond acceptors (Lipinski definition) is 4. The number of rotatable bonds is 4. The molecule has 1 atom stereocenters. The van der Waals surface area contributed by atoms with E-state index < -0.39 is 0 Å². The smallest absolute Gasteiger partial charge is 0.257 e. The van der Waals surface area contributed by atoms with Crippen molar-refractivity contribution >= 4 is 11.6 Å².